The van der Waals surface area contributed by atoms with Crippen molar-refractivity contribution < 1.29 is 4.65 Å². The maximum Gasteiger partial charge on any atom is 0.293 e. The van der Waals surface area contributed by atoms with Gasteiger partial charge in [0.25, 0.3) is 6.92 Å². The minimum absolute atomic E-state index is 0.541. The fraction of sp³-hybridized carbons (Fsp3) is 1.00. The smallest absolute Gasteiger partial charge is 0.293 e. The second kappa shape index (κ2) is 17.1. The Hall–Kier alpha value is 0.0249. The van der Waals surface area contributed by atoms with Crippen LogP contribution >= 0.6 is 0 Å². The van der Waals surface area contributed by atoms with Gasteiger partial charge in [0.1, 0.15) is 0 Å². The third kappa shape index (κ3) is 14.4. The van der Waals surface area contributed by atoms with Crippen LogP contribution in [0.25, 0.3) is 0 Å². The zero-order valence-corrected chi connectivity index (χ0v) is 14.6. The summed E-state index contributed by atoms with van der Waals surface area (Å²) in [6.07, 6.45) is 18.9. The standard InChI is InChI=1S/C18H39BO/c1-4-7-10-11-12-13-14-15-18-20-19(16-8-5-2)17-9-6-3/h4-18H2,1-3H3. The van der Waals surface area contributed by atoms with Crippen molar-refractivity contribution in [3.63, 3.8) is 0 Å². The fourth-order valence-electron chi connectivity index (χ4n) is 2.66. The SMILES string of the molecule is CCCCCCCCCCOB(CCCC)CCCC. The molecule has 0 aromatic rings. The second-order valence-electron chi connectivity index (χ2n) is 6.25. The van der Waals surface area contributed by atoms with Gasteiger partial charge in [0.15, 0.2) is 0 Å². The summed E-state index contributed by atoms with van der Waals surface area (Å²) in [5.74, 6) is 0. The Morgan fingerprint density at radius 2 is 1.00 bits per heavy atom. The highest BCUT2D eigenvalue weighted by atomic mass is 16.4. The molecule has 0 aliphatic heterocycles. The molecular formula is C18H39BO. The highest BCUT2D eigenvalue weighted by Crippen LogP contribution is 2.13. The van der Waals surface area contributed by atoms with Crippen molar-refractivity contribution in [2.45, 2.75) is 110 Å². The molecule has 1 nitrogen and oxygen atoms in total. The molecule has 0 saturated carbocycles. The molecule has 0 atom stereocenters. The summed E-state index contributed by atoms with van der Waals surface area (Å²) in [6.45, 7) is 8.36. The largest absolute Gasteiger partial charge is 0.436 e. The van der Waals surface area contributed by atoms with Crippen LogP contribution in [0.4, 0.5) is 0 Å². The molecule has 0 N–H and O–H groups in total. The number of rotatable bonds is 16. The molecule has 0 heterocycles. The summed E-state index contributed by atoms with van der Waals surface area (Å²) in [6, 6.07) is 0. The molecule has 0 spiro atoms. The van der Waals surface area contributed by atoms with Crippen LogP contribution in [-0.4, -0.2) is 13.5 Å². The van der Waals surface area contributed by atoms with Crippen LogP contribution in [0, 0.1) is 0 Å². The summed E-state index contributed by atoms with van der Waals surface area (Å²) < 4.78 is 6.09. The van der Waals surface area contributed by atoms with Crippen molar-refractivity contribution in [1.82, 2.24) is 0 Å². The quantitative estimate of drug-likeness (QED) is 0.225. The third-order valence-corrected chi connectivity index (χ3v) is 4.11. The summed E-state index contributed by atoms with van der Waals surface area (Å²) in [5, 5.41) is 0. The number of hydrogen-bond donors (Lipinski definition) is 0. The van der Waals surface area contributed by atoms with E-state index in [2.05, 4.69) is 20.8 Å². The summed E-state index contributed by atoms with van der Waals surface area (Å²) in [5.41, 5.74) is 0. The van der Waals surface area contributed by atoms with Crippen molar-refractivity contribution in [2.75, 3.05) is 6.61 Å². The summed E-state index contributed by atoms with van der Waals surface area (Å²) >= 11 is 0. The van der Waals surface area contributed by atoms with Gasteiger partial charge in [-0.1, -0.05) is 91.4 Å². The lowest BCUT2D eigenvalue weighted by Crippen LogP contribution is -2.18. The Kier molecular flexibility index (Phi) is 17.1. The molecule has 0 saturated heterocycles. The first kappa shape index (κ1) is 20.0. The average Bonchev–Trinajstić information content (AvgIpc) is 2.47. The molecule has 0 fully saturated rings. The molecule has 20 heavy (non-hydrogen) atoms. The van der Waals surface area contributed by atoms with Crippen LogP contribution in [0.2, 0.25) is 12.6 Å². The van der Waals surface area contributed by atoms with E-state index in [0.29, 0.717) is 6.92 Å². The third-order valence-electron chi connectivity index (χ3n) is 4.11. The first-order valence-electron chi connectivity index (χ1n) is 9.46. The topological polar surface area (TPSA) is 9.23 Å². The van der Waals surface area contributed by atoms with Gasteiger partial charge in [0.2, 0.25) is 0 Å². The molecule has 0 amide bonds. The van der Waals surface area contributed by atoms with Crippen LogP contribution in [-0.2, 0) is 4.65 Å². The Morgan fingerprint density at radius 1 is 0.550 bits per heavy atom. The van der Waals surface area contributed by atoms with Crippen LogP contribution in [0.5, 0.6) is 0 Å². The van der Waals surface area contributed by atoms with Crippen molar-refractivity contribution >= 4 is 6.92 Å². The van der Waals surface area contributed by atoms with E-state index in [1.165, 1.54) is 89.7 Å². The highest BCUT2D eigenvalue weighted by molar-refractivity contribution is 6.51. The van der Waals surface area contributed by atoms with Gasteiger partial charge >= 0.3 is 0 Å². The Bertz CT molecular complexity index is 165. The van der Waals surface area contributed by atoms with Crippen molar-refractivity contribution in [3.05, 3.63) is 0 Å². The van der Waals surface area contributed by atoms with Crippen LogP contribution < -0.4 is 0 Å². The summed E-state index contributed by atoms with van der Waals surface area (Å²) in [7, 11) is 0. The maximum atomic E-state index is 6.09. The molecule has 120 valence electrons. The van der Waals surface area contributed by atoms with Gasteiger partial charge in [0, 0.05) is 6.61 Å². The molecule has 0 radical (unpaired) electrons. The van der Waals surface area contributed by atoms with E-state index in [1.54, 1.807) is 0 Å². The van der Waals surface area contributed by atoms with Gasteiger partial charge in [-0.2, -0.15) is 0 Å². The normalized spacial score (nSPS) is 10.9. The van der Waals surface area contributed by atoms with Gasteiger partial charge in [-0.05, 0) is 19.1 Å². The molecule has 0 aliphatic carbocycles. The van der Waals surface area contributed by atoms with Crippen molar-refractivity contribution in [1.29, 1.82) is 0 Å². The number of hydrogen-bond acceptors (Lipinski definition) is 1. The predicted octanol–water partition coefficient (Wildman–Crippen LogP) is 6.74. The van der Waals surface area contributed by atoms with Crippen LogP contribution in [0.1, 0.15) is 97.8 Å². The van der Waals surface area contributed by atoms with E-state index >= 15 is 0 Å². The lowest BCUT2D eigenvalue weighted by molar-refractivity contribution is 0.302. The van der Waals surface area contributed by atoms with E-state index in [-0.39, 0.29) is 0 Å². The first-order chi connectivity index (χ1) is 9.85. The minimum atomic E-state index is 0.541. The predicted molar refractivity (Wildman–Crippen MR) is 93.7 cm³/mol. The molecule has 0 unspecified atom stereocenters. The zero-order valence-electron chi connectivity index (χ0n) is 14.6. The van der Waals surface area contributed by atoms with Gasteiger partial charge < -0.3 is 4.65 Å². The zero-order chi connectivity index (χ0) is 14.9. The van der Waals surface area contributed by atoms with Gasteiger partial charge in [-0.25, -0.2) is 0 Å². The average molecular weight is 282 g/mol. The Morgan fingerprint density at radius 3 is 1.50 bits per heavy atom. The monoisotopic (exact) mass is 282 g/mol. The molecule has 2 heteroatoms. The van der Waals surface area contributed by atoms with Crippen molar-refractivity contribution in [3.8, 4) is 0 Å². The number of unbranched alkanes of at least 4 members (excludes halogenated alkanes) is 9. The van der Waals surface area contributed by atoms with Crippen LogP contribution in [0.15, 0.2) is 0 Å². The first-order valence-corrected chi connectivity index (χ1v) is 9.46. The Labute approximate surface area is 129 Å². The van der Waals surface area contributed by atoms with Crippen LogP contribution in [0.3, 0.4) is 0 Å². The highest BCUT2D eigenvalue weighted by Gasteiger charge is 2.13. The van der Waals surface area contributed by atoms with E-state index < -0.39 is 0 Å². The minimum Gasteiger partial charge on any atom is -0.436 e. The lowest BCUT2D eigenvalue weighted by atomic mass is 9.59. The van der Waals surface area contributed by atoms with Crippen molar-refractivity contribution in [2.24, 2.45) is 0 Å². The molecule has 0 rings (SSSR count). The Balaban J connectivity index is 3.38. The van der Waals surface area contributed by atoms with E-state index in [9.17, 15) is 0 Å². The van der Waals surface area contributed by atoms with E-state index in [1.807, 2.05) is 0 Å². The lowest BCUT2D eigenvalue weighted by Gasteiger charge is -2.13. The van der Waals surface area contributed by atoms with Gasteiger partial charge in [-0.3, -0.25) is 0 Å². The summed E-state index contributed by atoms with van der Waals surface area (Å²) in [4.78, 5) is 0. The van der Waals surface area contributed by atoms with E-state index in [4.69, 9.17) is 4.65 Å². The molecule has 0 bridgehead atoms. The van der Waals surface area contributed by atoms with Gasteiger partial charge in [0.05, 0.1) is 0 Å². The fourth-order valence-corrected chi connectivity index (χ4v) is 2.66. The molecular weight excluding hydrogens is 243 g/mol. The second-order valence-corrected chi connectivity index (χ2v) is 6.25. The maximum absolute atomic E-state index is 6.09. The van der Waals surface area contributed by atoms with Gasteiger partial charge in [-0.15, -0.1) is 0 Å². The van der Waals surface area contributed by atoms with E-state index in [0.717, 1.165) is 6.61 Å². The molecule has 0 aliphatic rings. The molecule has 0 aromatic heterocycles. The molecule has 0 aromatic carbocycles.